The average molecular weight is 481 g/mol. The molecule has 4 aromatic rings. The summed E-state index contributed by atoms with van der Waals surface area (Å²) < 4.78 is 17.6. The number of amides is 1. The molecule has 0 radical (unpaired) electrons. The third-order valence-corrected chi connectivity index (χ3v) is 5.73. The largest absolute Gasteiger partial charge is 0.493 e. The number of rotatable bonds is 9. The zero-order valence-electron chi connectivity index (χ0n) is 18.9. The van der Waals surface area contributed by atoms with Gasteiger partial charge in [0.05, 0.1) is 14.2 Å². The molecule has 2 aromatic carbocycles. The van der Waals surface area contributed by atoms with E-state index < -0.39 is 0 Å². The summed E-state index contributed by atoms with van der Waals surface area (Å²) in [6.45, 7) is 0.379. The lowest BCUT2D eigenvalue weighted by Gasteiger charge is -2.07. The number of nitrogens with two attached hydrogens (primary N) is 1. The molecule has 2 heterocycles. The molecule has 3 N–H and O–H groups in total. The van der Waals surface area contributed by atoms with Gasteiger partial charge in [0.2, 0.25) is 11.7 Å². The summed E-state index contributed by atoms with van der Waals surface area (Å²) in [6, 6.07) is 15.0. The predicted molar refractivity (Wildman–Crippen MR) is 129 cm³/mol. The van der Waals surface area contributed by atoms with E-state index in [4.69, 9.17) is 19.7 Å². The molecule has 0 fully saturated rings. The van der Waals surface area contributed by atoms with E-state index in [1.807, 2.05) is 36.6 Å². The Morgan fingerprint density at radius 1 is 1.15 bits per heavy atom. The lowest BCUT2D eigenvalue weighted by atomic mass is 10.2. The summed E-state index contributed by atoms with van der Waals surface area (Å²) in [6.07, 6.45) is 1.86. The number of ether oxygens (including phenoxy) is 2. The molecule has 0 aliphatic carbocycles. The van der Waals surface area contributed by atoms with Crippen molar-refractivity contribution >= 4 is 23.5 Å². The highest BCUT2D eigenvalue weighted by molar-refractivity contribution is 7.98. The molecule has 0 unspecified atom stereocenters. The summed E-state index contributed by atoms with van der Waals surface area (Å²) in [5, 5.41) is 12.0. The summed E-state index contributed by atoms with van der Waals surface area (Å²) in [4.78, 5) is 17.0. The van der Waals surface area contributed by atoms with E-state index >= 15 is 0 Å². The van der Waals surface area contributed by atoms with Crippen molar-refractivity contribution < 1.29 is 18.8 Å². The van der Waals surface area contributed by atoms with Gasteiger partial charge in [-0.1, -0.05) is 35.5 Å². The second-order valence-corrected chi connectivity index (χ2v) is 7.98. The molecule has 0 saturated carbocycles. The van der Waals surface area contributed by atoms with E-state index in [-0.39, 0.29) is 24.2 Å². The van der Waals surface area contributed by atoms with E-state index in [9.17, 15) is 4.79 Å². The fourth-order valence-corrected chi connectivity index (χ4v) is 3.90. The number of benzene rings is 2. The maximum absolute atomic E-state index is 12.5. The van der Waals surface area contributed by atoms with Crippen LogP contribution >= 0.6 is 11.8 Å². The highest BCUT2D eigenvalue weighted by atomic mass is 32.2. The summed E-state index contributed by atoms with van der Waals surface area (Å²) in [5.74, 6) is 1.76. The number of anilines is 1. The third kappa shape index (κ3) is 4.84. The summed E-state index contributed by atoms with van der Waals surface area (Å²) in [5.41, 5.74) is 8.52. The summed E-state index contributed by atoms with van der Waals surface area (Å²) >= 11 is 1.37. The topological polar surface area (TPSA) is 130 Å². The van der Waals surface area contributed by atoms with Crippen molar-refractivity contribution in [2.75, 3.05) is 26.2 Å². The molecule has 0 spiro atoms. The van der Waals surface area contributed by atoms with Gasteiger partial charge in [-0.2, -0.15) is 10.1 Å². The average Bonchev–Trinajstić information content (AvgIpc) is 3.47. The van der Waals surface area contributed by atoms with Crippen LogP contribution in [0.2, 0.25) is 0 Å². The number of carbonyl (C=O) groups is 1. The molecule has 1 amide bonds. The number of hydrogen-bond acceptors (Lipinski definition) is 9. The SMILES string of the molecule is COc1ccc(-c2noc(-c3c(SC)nn(CC(=O)NCc4ccccc4)c3N)n2)cc1OC. The minimum absolute atomic E-state index is 0.0388. The zero-order valence-corrected chi connectivity index (χ0v) is 19.8. The molecule has 4 rings (SSSR count). The van der Waals surface area contributed by atoms with Gasteiger partial charge in [-0.25, -0.2) is 4.68 Å². The Morgan fingerprint density at radius 2 is 1.91 bits per heavy atom. The minimum atomic E-state index is -0.214. The molecule has 11 heteroatoms. The van der Waals surface area contributed by atoms with Gasteiger partial charge >= 0.3 is 0 Å². The Hall–Kier alpha value is -3.99. The van der Waals surface area contributed by atoms with E-state index in [0.717, 1.165) is 5.56 Å². The number of hydrogen-bond donors (Lipinski definition) is 2. The Morgan fingerprint density at radius 3 is 2.62 bits per heavy atom. The number of nitrogen functional groups attached to an aromatic ring is 1. The Kier molecular flexibility index (Phi) is 7.02. The first-order chi connectivity index (χ1) is 16.5. The molecule has 2 aromatic heterocycles. The van der Waals surface area contributed by atoms with Crippen LogP contribution in [0.25, 0.3) is 22.8 Å². The van der Waals surface area contributed by atoms with Gasteiger partial charge in [0.15, 0.2) is 11.5 Å². The number of nitrogens with zero attached hydrogens (tertiary/aromatic N) is 4. The van der Waals surface area contributed by atoms with Crippen LogP contribution in [0.5, 0.6) is 11.5 Å². The van der Waals surface area contributed by atoms with Crippen LogP contribution in [-0.4, -0.2) is 46.3 Å². The van der Waals surface area contributed by atoms with E-state index in [1.165, 1.54) is 16.4 Å². The highest BCUT2D eigenvalue weighted by Gasteiger charge is 2.24. The van der Waals surface area contributed by atoms with Crippen LogP contribution in [0.15, 0.2) is 58.1 Å². The van der Waals surface area contributed by atoms with Crippen molar-refractivity contribution in [3.05, 3.63) is 54.1 Å². The van der Waals surface area contributed by atoms with E-state index in [2.05, 4.69) is 20.6 Å². The fourth-order valence-electron chi connectivity index (χ4n) is 3.32. The van der Waals surface area contributed by atoms with Crippen LogP contribution in [-0.2, 0) is 17.9 Å². The Labute approximate surface area is 200 Å². The molecule has 0 aliphatic heterocycles. The quantitative estimate of drug-likeness (QED) is 0.347. The number of carbonyl (C=O) groups excluding carboxylic acids is 1. The van der Waals surface area contributed by atoms with Crippen LogP contribution in [0, 0.1) is 0 Å². The van der Waals surface area contributed by atoms with Gasteiger partial charge in [-0.05, 0) is 30.0 Å². The number of methoxy groups -OCH3 is 2. The first kappa shape index (κ1) is 23.2. The molecule has 0 atom stereocenters. The second-order valence-electron chi connectivity index (χ2n) is 7.18. The zero-order chi connectivity index (χ0) is 24.1. The monoisotopic (exact) mass is 480 g/mol. The van der Waals surface area contributed by atoms with Crippen molar-refractivity contribution in [3.63, 3.8) is 0 Å². The standard InChI is InChI=1S/C23H24N6O4S/c1-31-16-10-9-15(11-17(16)32-2)21-26-22(33-28-21)19-20(24)29(27-23(19)34-3)13-18(30)25-12-14-7-5-4-6-8-14/h4-11H,12-13,24H2,1-3H3,(H,25,30). The molecular weight excluding hydrogens is 456 g/mol. The smallest absolute Gasteiger partial charge is 0.264 e. The highest BCUT2D eigenvalue weighted by Crippen LogP contribution is 2.36. The Bertz CT molecular complexity index is 1290. The van der Waals surface area contributed by atoms with E-state index in [0.29, 0.717) is 40.0 Å². The van der Waals surface area contributed by atoms with Crippen molar-refractivity contribution in [2.24, 2.45) is 0 Å². The fraction of sp³-hybridized carbons (Fsp3) is 0.217. The molecular formula is C23H24N6O4S. The van der Waals surface area contributed by atoms with Gasteiger partial charge < -0.3 is 25.0 Å². The second kappa shape index (κ2) is 10.3. The molecule has 0 bridgehead atoms. The van der Waals surface area contributed by atoms with Crippen molar-refractivity contribution in [1.29, 1.82) is 0 Å². The summed E-state index contributed by atoms with van der Waals surface area (Å²) in [7, 11) is 3.12. The first-order valence-corrected chi connectivity index (χ1v) is 11.5. The third-order valence-electron chi connectivity index (χ3n) is 5.06. The molecule has 10 nitrogen and oxygen atoms in total. The Balaban J connectivity index is 1.55. The minimum Gasteiger partial charge on any atom is -0.493 e. The number of thioether (sulfide) groups is 1. The van der Waals surface area contributed by atoms with E-state index in [1.54, 1.807) is 32.4 Å². The van der Waals surface area contributed by atoms with Crippen molar-refractivity contribution in [1.82, 2.24) is 25.2 Å². The maximum Gasteiger partial charge on any atom is 0.264 e. The normalized spacial score (nSPS) is 10.8. The van der Waals surface area contributed by atoms with Crippen molar-refractivity contribution in [3.8, 4) is 34.3 Å². The maximum atomic E-state index is 12.5. The van der Waals surface area contributed by atoms with Gasteiger partial charge in [0.25, 0.3) is 5.89 Å². The van der Waals surface area contributed by atoms with Crippen LogP contribution < -0.4 is 20.5 Å². The first-order valence-electron chi connectivity index (χ1n) is 10.3. The lowest BCUT2D eigenvalue weighted by molar-refractivity contribution is -0.122. The van der Waals surface area contributed by atoms with Crippen LogP contribution in [0.4, 0.5) is 5.82 Å². The number of aromatic nitrogens is 4. The van der Waals surface area contributed by atoms with Crippen LogP contribution in [0.1, 0.15) is 5.56 Å². The van der Waals surface area contributed by atoms with Crippen LogP contribution in [0.3, 0.4) is 0 Å². The molecule has 34 heavy (non-hydrogen) atoms. The van der Waals surface area contributed by atoms with Crippen molar-refractivity contribution in [2.45, 2.75) is 18.1 Å². The van der Waals surface area contributed by atoms with Gasteiger partial charge in [0, 0.05) is 12.1 Å². The van der Waals surface area contributed by atoms with Gasteiger partial charge in [-0.3, -0.25) is 4.79 Å². The molecule has 0 aliphatic rings. The molecule has 0 saturated heterocycles. The molecule has 176 valence electrons. The predicted octanol–water partition coefficient (Wildman–Crippen LogP) is 3.24. The van der Waals surface area contributed by atoms with Gasteiger partial charge in [0.1, 0.15) is 23.0 Å². The van der Waals surface area contributed by atoms with Gasteiger partial charge in [-0.15, -0.1) is 11.8 Å². The number of nitrogens with one attached hydrogen (secondary N) is 1. The lowest BCUT2D eigenvalue weighted by Crippen LogP contribution is -2.28.